The number of carbonyl (C=O) groups excluding carboxylic acids is 1. The molecule has 1 aliphatic heterocycles. The Morgan fingerprint density at radius 1 is 1.19 bits per heavy atom. The molecule has 0 aromatic heterocycles. The lowest BCUT2D eigenvalue weighted by Crippen LogP contribution is -2.50. The Balaban J connectivity index is 0.00000243. The van der Waals surface area contributed by atoms with E-state index in [0.29, 0.717) is 23.4 Å². The van der Waals surface area contributed by atoms with Crippen molar-refractivity contribution >= 4 is 18.3 Å². The molecular formula is C19H21ClF2N2O2. The second kappa shape index (κ2) is 8.96. The molecule has 0 bridgehead atoms. The maximum absolute atomic E-state index is 13.6. The molecule has 2 aromatic rings. The van der Waals surface area contributed by atoms with Gasteiger partial charge >= 0.3 is 0 Å². The highest BCUT2D eigenvalue weighted by Crippen LogP contribution is 2.27. The highest BCUT2D eigenvalue weighted by molar-refractivity contribution is 5.97. The van der Waals surface area contributed by atoms with Crippen LogP contribution in [0.3, 0.4) is 0 Å². The minimum absolute atomic E-state index is 0. The highest BCUT2D eigenvalue weighted by atomic mass is 35.5. The van der Waals surface area contributed by atoms with Crippen LogP contribution in [0, 0.1) is 11.6 Å². The van der Waals surface area contributed by atoms with E-state index in [-0.39, 0.29) is 30.3 Å². The van der Waals surface area contributed by atoms with Crippen molar-refractivity contribution in [3.8, 4) is 5.75 Å². The van der Waals surface area contributed by atoms with Crippen LogP contribution in [0.5, 0.6) is 5.75 Å². The molecule has 3 rings (SSSR count). The van der Waals surface area contributed by atoms with Crippen LogP contribution in [-0.2, 0) is 0 Å². The summed E-state index contributed by atoms with van der Waals surface area (Å²) in [6.07, 6.45) is 0.724. The van der Waals surface area contributed by atoms with E-state index in [2.05, 4.69) is 10.6 Å². The molecule has 2 N–H and O–H groups in total. The van der Waals surface area contributed by atoms with Gasteiger partial charge in [-0.25, -0.2) is 8.78 Å². The number of ether oxygens (including phenoxy) is 1. The van der Waals surface area contributed by atoms with Crippen LogP contribution < -0.4 is 15.4 Å². The number of para-hydroxylation sites is 1. The number of nitrogens with one attached hydrogen (secondary N) is 2. The Morgan fingerprint density at radius 3 is 2.69 bits per heavy atom. The zero-order chi connectivity index (χ0) is 17.8. The molecule has 1 fully saturated rings. The number of carbonyl (C=O) groups is 1. The molecule has 140 valence electrons. The normalized spacial score (nSPS) is 19.3. The summed E-state index contributed by atoms with van der Waals surface area (Å²) < 4.78 is 32.0. The van der Waals surface area contributed by atoms with E-state index in [0.717, 1.165) is 19.0 Å². The van der Waals surface area contributed by atoms with Gasteiger partial charge in [-0.1, -0.05) is 18.2 Å². The van der Waals surface area contributed by atoms with Crippen LogP contribution in [-0.4, -0.2) is 32.1 Å². The number of halogens is 3. The largest absolute Gasteiger partial charge is 0.496 e. The van der Waals surface area contributed by atoms with Crippen molar-refractivity contribution in [2.75, 3.05) is 20.2 Å². The number of hydrogen-bond acceptors (Lipinski definition) is 3. The van der Waals surface area contributed by atoms with Gasteiger partial charge in [0.1, 0.15) is 5.75 Å². The van der Waals surface area contributed by atoms with Gasteiger partial charge in [0.15, 0.2) is 11.6 Å². The first-order valence-electron chi connectivity index (χ1n) is 8.19. The molecule has 1 heterocycles. The van der Waals surface area contributed by atoms with E-state index in [1.165, 1.54) is 13.2 Å². The number of methoxy groups -OCH3 is 1. The first-order chi connectivity index (χ1) is 12.1. The van der Waals surface area contributed by atoms with Gasteiger partial charge in [0, 0.05) is 18.5 Å². The van der Waals surface area contributed by atoms with Gasteiger partial charge in [-0.2, -0.15) is 0 Å². The minimum atomic E-state index is -0.870. The summed E-state index contributed by atoms with van der Waals surface area (Å²) in [5.74, 6) is -1.58. The fourth-order valence-electron chi connectivity index (χ4n) is 3.23. The van der Waals surface area contributed by atoms with Crippen LogP contribution >= 0.6 is 12.4 Å². The van der Waals surface area contributed by atoms with Crippen molar-refractivity contribution < 1.29 is 18.3 Å². The number of amides is 1. The molecule has 2 unspecified atom stereocenters. The minimum Gasteiger partial charge on any atom is -0.496 e. The molecule has 0 spiro atoms. The zero-order valence-electron chi connectivity index (χ0n) is 14.3. The lowest BCUT2D eigenvalue weighted by molar-refractivity contribution is 0.0921. The van der Waals surface area contributed by atoms with Gasteiger partial charge < -0.3 is 15.4 Å². The highest BCUT2D eigenvalue weighted by Gasteiger charge is 2.29. The Morgan fingerprint density at radius 2 is 1.96 bits per heavy atom. The average molecular weight is 383 g/mol. The van der Waals surface area contributed by atoms with Gasteiger partial charge in [0.2, 0.25) is 0 Å². The molecule has 26 heavy (non-hydrogen) atoms. The summed E-state index contributed by atoms with van der Waals surface area (Å²) in [5, 5.41) is 6.23. The first-order valence-corrected chi connectivity index (χ1v) is 8.19. The number of rotatable bonds is 4. The second-order valence-electron chi connectivity index (χ2n) is 6.05. The van der Waals surface area contributed by atoms with Crippen molar-refractivity contribution in [2.45, 2.75) is 18.4 Å². The Hall–Kier alpha value is -2.18. The van der Waals surface area contributed by atoms with E-state index < -0.39 is 11.6 Å². The van der Waals surface area contributed by atoms with Crippen molar-refractivity contribution in [2.24, 2.45) is 0 Å². The number of benzene rings is 2. The summed E-state index contributed by atoms with van der Waals surface area (Å²) in [4.78, 5) is 12.6. The third-order valence-electron chi connectivity index (χ3n) is 4.52. The maximum atomic E-state index is 13.6. The Bertz CT molecular complexity index is 773. The molecule has 1 amide bonds. The smallest absolute Gasteiger partial charge is 0.255 e. The van der Waals surface area contributed by atoms with E-state index in [1.54, 1.807) is 30.3 Å². The maximum Gasteiger partial charge on any atom is 0.255 e. The standard InChI is InChI=1S/C19H20F2N2O2.ClH/c1-25-18-5-3-2-4-14(18)19(24)23-17-11-22-9-8-13(17)12-6-7-15(20)16(21)10-12;/h2-7,10,13,17,22H,8-9,11H2,1H3,(H,23,24);1H. The van der Waals surface area contributed by atoms with Crippen LogP contribution in [0.15, 0.2) is 42.5 Å². The van der Waals surface area contributed by atoms with Gasteiger partial charge in [0.25, 0.3) is 5.91 Å². The van der Waals surface area contributed by atoms with Crippen LogP contribution in [0.2, 0.25) is 0 Å². The van der Waals surface area contributed by atoms with Gasteiger partial charge in [-0.05, 0) is 42.8 Å². The Labute approximate surface area is 157 Å². The van der Waals surface area contributed by atoms with Crippen molar-refractivity contribution in [3.63, 3.8) is 0 Å². The molecule has 0 saturated carbocycles. The number of hydrogen-bond donors (Lipinski definition) is 2. The third kappa shape index (κ3) is 4.31. The van der Waals surface area contributed by atoms with E-state index >= 15 is 0 Å². The molecule has 0 aliphatic carbocycles. The Kier molecular flexibility index (Phi) is 6.94. The average Bonchev–Trinajstić information content (AvgIpc) is 2.64. The topological polar surface area (TPSA) is 50.4 Å². The van der Waals surface area contributed by atoms with Gasteiger partial charge in [-0.15, -0.1) is 12.4 Å². The molecule has 1 saturated heterocycles. The summed E-state index contributed by atoms with van der Waals surface area (Å²) in [5.41, 5.74) is 1.13. The predicted molar refractivity (Wildman–Crippen MR) is 98.1 cm³/mol. The van der Waals surface area contributed by atoms with Crippen molar-refractivity contribution in [3.05, 3.63) is 65.2 Å². The summed E-state index contributed by atoms with van der Waals surface area (Å²) >= 11 is 0. The molecule has 2 atom stereocenters. The fourth-order valence-corrected chi connectivity index (χ4v) is 3.23. The quantitative estimate of drug-likeness (QED) is 0.853. The second-order valence-corrected chi connectivity index (χ2v) is 6.05. The van der Waals surface area contributed by atoms with Crippen molar-refractivity contribution in [1.29, 1.82) is 0 Å². The van der Waals surface area contributed by atoms with E-state index in [4.69, 9.17) is 4.74 Å². The third-order valence-corrected chi connectivity index (χ3v) is 4.52. The SMILES string of the molecule is COc1ccccc1C(=O)NC1CNCCC1c1ccc(F)c(F)c1.Cl. The number of piperidine rings is 1. The van der Waals surface area contributed by atoms with Crippen LogP contribution in [0.1, 0.15) is 28.3 Å². The lowest BCUT2D eigenvalue weighted by Gasteiger charge is -2.33. The monoisotopic (exact) mass is 382 g/mol. The molecule has 1 aliphatic rings. The fraction of sp³-hybridized carbons (Fsp3) is 0.316. The molecular weight excluding hydrogens is 362 g/mol. The van der Waals surface area contributed by atoms with Crippen LogP contribution in [0.4, 0.5) is 8.78 Å². The first kappa shape index (κ1) is 20.1. The van der Waals surface area contributed by atoms with E-state index in [9.17, 15) is 13.6 Å². The lowest BCUT2D eigenvalue weighted by atomic mass is 9.85. The summed E-state index contributed by atoms with van der Waals surface area (Å²) in [7, 11) is 1.51. The predicted octanol–water partition coefficient (Wildman–Crippen LogP) is 3.27. The van der Waals surface area contributed by atoms with Crippen LogP contribution in [0.25, 0.3) is 0 Å². The summed E-state index contributed by atoms with van der Waals surface area (Å²) in [6, 6.07) is 10.7. The molecule has 2 aromatic carbocycles. The molecule has 7 heteroatoms. The van der Waals surface area contributed by atoms with Gasteiger partial charge in [-0.3, -0.25) is 4.79 Å². The zero-order valence-corrected chi connectivity index (χ0v) is 15.1. The molecule has 0 radical (unpaired) electrons. The molecule has 4 nitrogen and oxygen atoms in total. The van der Waals surface area contributed by atoms with E-state index in [1.807, 2.05) is 0 Å². The summed E-state index contributed by atoms with van der Waals surface area (Å²) in [6.45, 7) is 1.31. The van der Waals surface area contributed by atoms with Gasteiger partial charge in [0.05, 0.1) is 12.7 Å². The van der Waals surface area contributed by atoms with Crippen molar-refractivity contribution in [1.82, 2.24) is 10.6 Å².